The van der Waals surface area contributed by atoms with Crippen LogP contribution < -0.4 is 4.90 Å². The fourth-order valence-electron chi connectivity index (χ4n) is 5.81. The maximum atomic E-state index is 13.8. The van der Waals surface area contributed by atoms with Gasteiger partial charge in [-0.05, 0) is 52.9 Å². The third-order valence-corrected chi connectivity index (χ3v) is 6.92. The van der Waals surface area contributed by atoms with Crippen molar-refractivity contribution in [3.63, 3.8) is 0 Å². The van der Waals surface area contributed by atoms with Gasteiger partial charge in [-0.3, -0.25) is 14.5 Å². The second-order valence-electron chi connectivity index (χ2n) is 8.29. The Kier molecular flexibility index (Phi) is 3.24. The quantitative estimate of drug-likeness (QED) is 0.569. The first kappa shape index (κ1) is 16.7. The summed E-state index contributed by atoms with van der Waals surface area (Å²) in [5.41, 5.74) is 4.51. The van der Waals surface area contributed by atoms with Gasteiger partial charge in [0.15, 0.2) is 0 Å². The van der Waals surface area contributed by atoms with Crippen LogP contribution in [0.2, 0.25) is 0 Å². The Hall–Kier alpha value is -3.27. The van der Waals surface area contributed by atoms with Crippen molar-refractivity contribution < 1.29 is 14.0 Å². The van der Waals surface area contributed by atoms with Gasteiger partial charge in [-0.25, -0.2) is 4.39 Å². The lowest BCUT2D eigenvalue weighted by molar-refractivity contribution is -0.127. The summed E-state index contributed by atoms with van der Waals surface area (Å²) in [6, 6.07) is 22.2. The van der Waals surface area contributed by atoms with Crippen molar-refractivity contribution in [3.05, 3.63) is 101 Å². The number of nitrogens with zero attached hydrogens (tertiary/aromatic N) is 1. The zero-order valence-electron chi connectivity index (χ0n) is 15.6. The van der Waals surface area contributed by atoms with E-state index in [0.29, 0.717) is 12.1 Å². The minimum atomic E-state index is -0.779. The Bertz CT molecular complexity index is 1140. The predicted molar refractivity (Wildman–Crippen MR) is 107 cm³/mol. The Morgan fingerprint density at radius 3 is 1.93 bits per heavy atom. The van der Waals surface area contributed by atoms with Crippen LogP contribution in [-0.2, 0) is 9.59 Å². The first-order chi connectivity index (χ1) is 14.1. The number of hydrogen-bond donors (Lipinski definition) is 0. The summed E-state index contributed by atoms with van der Waals surface area (Å²) in [6.45, 7) is 0. The topological polar surface area (TPSA) is 37.4 Å². The Morgan fingerprint density at radius 2 is 1.34 bits per heavy atom. The van der Waals surface area contributed by atoms with E-state index in [1.165, 1.54) is 40.3 Å². The third kappa shape index (κ3) is 2.06. The van der Waals surface area contributed by atoms with Crippen LogP contribution in [0.5, 0.6) is 0 Å². The van der Waals surface area contributed by atoms with Crippen molar-refractivity contribution >= 4 is 17.5 Å². The van der Waals surface area contributed by atoms with Crippen LogP contribution in [0.15, 0.2) is 72.8 Å². The largest absolute Gasteiger partial charge is 0.274 e. The van der Waals surface area contributed by atoms with Gasteiger partial charge >= 0.3 is 0 Å². The van der Waals surface area contributed by atoms with E-state index in [1.54, 1.807) is 0 Å². The number of anilines is 1. The molecule has 1 unspecified atom stereocenters. The molecule has 4 heteroatoms. The molecule has 1 atom stereocenters. The third-order valence-electron chi connectivity index (χ3n) is 6.92. The van der Waals surface area contributed by atoms with Gasteiger partial charge in [0, 0.05) is 18.3 Å². The van der Waals surface area contributed by atoms with Crippen LogP contribution >= 0.6 is 0 Å². The molecule has 2 bridgehead atoms. The average molecular weight is 383 g/mol. The molecular weight excluding hydrogens is 365 g/mol. The van der Waals surface area contributed by atoms with Gasteiger partial charge in [-0.15, -0.1) is 0 Å². The molecule has 1 fully saturated rings. The minimum absolute atomic E-state index is 0.109. The Morgan fingerprint density at radius 1 is 0.793 bits per heavy atom. The van der Waals surface area contributed by atoms with E-state index in [9.17, 15) is 14.0 Å². The molecule has 3 aliphatic carbocycles. The van der Waals surface area contributed by atoms with E-state index in [-0.39, 0.29) is 35.9 Å². The van der Waals surface area contributed by atoms with Crippen LogP contribution in [0.25, 0.3) is 0 Å². The van der Waals surface area contributed by atoms with Gasteiger partial charge in [0.05, 0.1) is 11.1 Å². The summed E-state index contributed by atoms with van der Waals surface area (Å²) in [5.74, 6) is -0.779. The number of carbonyl (C=O) groups is 2. The predicted octanol–water partition coefficient (Wildman–Crippen LogP) is 4.76. The van der Waals surface area contributed by atoms with Crippen molar-refractivity contribution in [1.29, 1.82) is 0 Å². The summed E-state index contributed by atoms with van der Waals surface area (Å²) in [7, 11) is 0. The summed E-state index contributed by atoms with van der Waals surface area (Å²) >= 11 is 0. The molecule has 3 nitrogen and oxygen atoms in total. The number of carbonyl (C=O) groups excluding carboxylic acids is 2. The lowest BCUT2D eigenvalue weighted by Gasteiger charge is -2.50. The van der Waals surface area contributed by atoms with Gasteiger partial charge in [0.2, 0.25) is 11.8 Å². The van der Waals surface area contributed by atoms with E-state index in [0.717, 1.165) is 11.1 Å². The molecule has 29 heavy (non-hydrogen) atoms. The van der Waals surface area contributed by atoms with E-state index in [2.05, 4.69) is 24.3 Å². The number of imide groups is 1. The average Bonchev–Trinajstić information content (AvgIpc) is 2.98. The highest BCUT2D eigenvalue weighted by Gasteiger charge is 2.62. The van der Waals surface area contributed by atoms with Gasteiger partial charge in [0.25, 0.3) is 0 Å². The van der Waals surface area contributed by atoms with Crippen LogP contribution in [0, 0.1) is 11.2 Å². The van der Waals surface area contributed by atoms with Crippen LogP contribution in [0.1, 0.15) is 46.9 Å². The van der Waals surface area contributed by atoms with Gasteiger partial charge < -0.3 is 0 Å². The highest BCUT2D eigenvalue weighted by molar-refractivity contribution is 6.23. The van der Waals surface area contributed by atoms with Crippen LogP contribution in [-0.4, -0.2) is 11.8 Å². The molecule has 7 rings (SSSR count). The monoisotopic (exact) mass is 383 g/mol. The molecule has 142 valence electrons. The molecule has 0 aromatic heterocycles. The minimum Gasteiger partial charge on any atom is -0.274 e. The smallest absolute Gasteiger partial charge is 0.241 e. The Balaban J connectivity index is 1.54. The highest BCUT2D eigenvalue weighted by Crippen LogP contribution is 2.64. The van der Waals surface area contributed by atoms with Gasteiger partial charge in [-0.1, -0.05) is 48.5 Å². The zero-order valence-corrected chi connectivity index (χ0v) is 15.6. The molecular formula is C25H18FNO2. The number of hydrogen-bond acceptors (Lipinski definition) is 2. The van der Waals surface area contributed by atoms with E-state index in [1.807, 2.05) is 24.3 Å². The normalized spacial score (nSPS) is 26.7. The van der Waals surface area contributed by atoms with Crippen molar-refractivity contribution in [3.8, 4) is 0 Å². The molecule has 1 heterocycles. The van der Waals surface area contributed by atoms with Crippen LogP contribution in [0.3, 0.4) is 0 Å². The number of halogens is 1. The van der Waals surface area contributed by atoms with Crippen molar-refractivity contribution in [2.24, 2.45) is 5.41 Å². The molecule has 0 N–H and O–H groups in total. The van der Waals surface area contributed by atoms with Gasteiger partial charge in [-0.2, -0.15) is 0 Å². The second kappa shape index (κ2) is 5.63. The molecule has 1 saturated heterocycles. The van der Waals surface area contributed by atoms with Gasteiger partial charge in [0.1, 0.15) is 5.82 Å². The molecule has 1 spiro atoms. The van der Waals surface area contributed by atoms with Crippen LogP contribution in [0.4, 0.5) is 10.1 Å². The second-order valence-corrected chi connectivity index (χ2v) is 8.29. The number of benzene rings is 3. The number of rotatable bonds is 1. The first-order valence-corrected chi connectivity index (χ1v) is 9.91. The van der Waals surface area contributed by atoms with Crippen molar-refractivity contribution in [1.82, 2.24) is 0 Å². The lowest BCUT2D eigenvalue weighted by Crippen LogP contribution is -2.47. The Labute approximate surface area is 167 Å². The number of amides is 2. The van der Waals surface area contributed by atoms with E-state index in [4.69, 9.17) is 0 Å². The zero-order chi connectivity index (χ0) is 19.8. The summed E-state index contributed by atoms with van der Waals surface area (Å²) in [6.07, 6.45) is 0.820. The molecule has 2 amide bonds. The maximum Gasteiger partial charge on any atom is 0.241 e. The molecule has 1 aliphatic heterocycles. The summed E-state index contributed by atoms with van der Waals surface area (Å²) < 4.78 is 13.4. The summed E-state index contributed by atoms with van der Waals surface area (Å²) in [4.78, 5) is 28.1. The fraction of sp³-hybridized carbons (Fsp3) is 0.200. The van der Waals surface area contributed by atoms with E-state index < -0.39 is 5.41 Å². The molecule has 0 radical (unpaired) electrons. The highest BCUT2D eigenvalue weighted by atomic mass is 19.1. The standard InChI is InChI=1S/C25H18FNO2/c26-15-9-11-16(12-10-15)27-22(28)14-25(24(27)29)13-21-17-5-1-3-7-19(17)23(25)20-8-4-2-6-18(20)21/h1-12,21,23H,13-14H2. The lowest BCUT2D eigenvalue weighted by atomic mass is 9.51. The van der Waals surface area contributed by atoms with E-state index >= 15 is 0 Å². The molecule has 3 aromatic carbocycles. The fourth-order valence-corrected chi connectivity index (χ4v) is 5.81. The maximum absolute atomic E-state index is 13.8. The SMILES string of the molecule is O=C1CC2(CC3c4ccccc4C2c2ccccc23)C(=O)N1c1ccc(F)cc1. The molecule has 3 aromatic rings. The first-order valence-electron chi connectivity index (χ1n) is 9.91. The van der Waals surface area contributed by atoms with Crippen molar-refractivity contribution in [2.45, 2.75) is 24.7 Å². The van der Waals surface area contributed by atoms with Crippen molar-refractivity contribution in [2.75, 3.05) is 4.90 Å². The summed E-state index contributed by atoms with van der Waals surface area (Å²) in [5, 5.41) is 0. The molecule has 0 saturated carbocycles. The molecule has 4 aliphatic rings.